The molecule has 0 saturated heterocycles. The van der Waals surface area contributed by atoms with E-state index in [0.717, 1.165) is 16.8 Å². The van der Waals surface area contributed by atoms with Crippen LogP contribution in [0.1, 0.15) is 16.6 Å². The molecule has 180 valence electrons. The van der Waals surface area contributed by atoms with E-state index < -0.39 is 0 Å². The van der Waals surface area contributed by atoms with Gasteiger partial charge in [0.15, 0.2) is 5.13 Å². The number of hydrogen-bond donors (Lipinski definition) is 1. The summed E-state index contributed by atoms with van der Waals surface area (Å²) < 4.78 is 5.35. The van der Waals surface area contributed by atoms with Crippen LogP contribution in [0.3, 0.4) is 0 Å². The molecule has 0 aliphatic carbocycles. The molecule has 1 heterocycles. The smallest absolute Gasteiger partial charge is 0.350 e. The SMILES string of the molecule is CCOC(=O)c1sc(Nc2ccccc2-c2c3ccccc3cc3ccccc23)nc1-c1ccccc1. The fourth-order valence-electron chi connectivity index (χ4n) is 4.73. The minimum atomic E-state index is -0.361. The first-order valence-corrected chi connectivity index (χ1v) is 13.0. The Morgan fingerprint density at radius 3 is 2.14 bits per heavy atom. The molecule has 6 rings (SSSR count). The van der Waals surface area contributed by atoms with Crippen molar-refractivity contribution in [1.82, 2.24) is 4.98 Å². The van der Waals surface area contributed by atoms with E-state index in [1.165, 1.54) is 38.4 Å². The number of thiazole rings is 1. The summed E-state index contributed by atoms with van der Waals surface area (Å²) >= 11 is 1.31. The van der Waals surface area contributed by atoms with E-state index in [9.17, 15) is 4.79 Å². The van der Waals surface area contributed by atoms with Gasteiger partial charge in [-0.1, -0.05) is 108 Å². The Kier molecular flexibility index (Phi) is 6.13. The molecule has 5 aromatic carbocycles. The van der Waals surface area contributed by atoms with Crippen molar-refractivity contribution in [2.24, 2.45) is 0 Å². The van der Waals surface area contributed by atoms with Crippen LogP contribution < -0.4 is 5.32 Å². The van der Waals surface area contributed by atoms with Crippen molar-refractivity contribution >= 4 is 49.7 Å². The molecule has 0 aliphatic heterocycles. The van der Waals surface area contributed by atoms with Gasteiger partial charge in [-0.15, -0.1) is 0 Å². The maximum Gasteiger partial charge on any atom is 0.350 e. The molecule has 0 amide bonds. The van der Waals surface area contributed by atoms with Gasteiger partial charge in [-0.25, -0.2) is 9.78 Å². The lowest BCUT2D eigenvalue weighted by molar-refractivity contribution is 0.0532. The van der Waals surface area contributed by atoms with E-state index in [-0.39, 0.29) is 5.97 Å². The van der Waals surface area contributed by atoms with Crippen LogP contribution in [-0.2, 0) is 4.74 Å². The summed E-state index contributed by atoms with van der Waals surface area (Å²) in [5.74, 6) is -0.361. The second-order valence-corrected chi connectivity index (χ2v) is 9.65. The molecule has 1 N–H and O–H groups in total. The second kappa shape index (κ2) is 9.88. The Morgan fingerprint density at radius 2 is 1.43 bits per heavy atom. The Balaban J connectivity index is 1.50. The van der Waals surface area contributed by atoms with Gasteiger partial charge in [-0.05, 0) is 46.2 Å². The van der Waals surface area contributed by atoms with Gasteiger partial charge in [0.2, 0.25) is 0 Å². The molecule has 0 spiro atoms. The molecule has 0 fully saturated rings. The van der Waals surface area contributed by atoms with E-state index in [1.807, 2.05) is 43.3 Å². The Hall–Kier alpha value is -4.48. The molecule has 0 bridgehead atoms. The van der Waals surface area contributed by atoms with Gasteiger partial charge in [0.1, 0.15) is 4.88 Å². The zero-order chi connectivity index (χ0) is 25.2. The number of ether oxygens (including phenoxy) is 1. The molecule has 0 radical (unpaired) electrons. The number of anilines is 2. The summed E-state index contributed by atoms with van der Waals surface area (Å²) in [7, 11) is 0. The first-order valence-electron chi connectivity index (χ1n) is 12.2. The molecular weight excluding hydrogens is 476 g/mol. The number of nitrogens with zero attached hydrogens (tertiary/aromatic N) is 1. The summed E-state index contributed by atoms with van der Waals surface area (Å²) in [5, 5.41) is 8.92. The molecule has 0 aliphatic rings. The van der Waals surface area contributed by atoms with Crippen molar-refractivity contribution in [2.75, 3.05) is 11.9 Å². The summed E-state index contributed by atoms with van der Waals surface area (Å²) in [5.41, 5.74) is 4.67. The first-order chi connectivity index (χ1) is 18.2. The minimum Gasteiger partial charge on any atom is -0.462 e. The highest BCUT2D eigenvalue weighted by atomic mass is 32.1. The van der Waals surface area contributed by atoms with Gasteiger partial charge in [-0.2, -0.15) is 0 Å². The second-order valence-electron chi connectivity index (χ2n) is 8.65. The number of carbonyl (C=O) groups excluding carboxylic acids is 1. The third kappa shape index (κ3) is 4.34. The Morgan fingerprint density at radius 1 is 0.811 bits per heavy atom. The average Bonchev–Trinajstić information content (AvgIpc) is 3.37. The highest BCUT2D eigenvalue weighted by molar-refractivity contribution is 7.18. The molecule has 0 atom stereocenters. The van der Waals surface area contributed by atoms with Crippen molar-refractivity contribution in [2.45, 2.75) is 6.92 Å². The van der Waals surface area contributed by atoms with Crippen molar-refractivity contribution in [3.63, 3.8) is 0 Å². The third-order valence-electron chi connectivity index (χ3n) is 6.34. The largest absolute Gasteiger partial charge is 0.462 e. The van der Waals surface area contributed by atoms with E-state index in [1.54, 1.807) is 0 Å². The maximum absolute atomic E-state index is 12.8. The normalized spacial score (nSPS) is 11.1. The van der Waals surface area contributed by atoms with Gasteiger partial charge < -0.3 is 10.1 Å². The number of fused-ring (bicyclic) bond motifs is 2. The fraction of sp³-hybridized carbons (Fsp3) is 0.0625. The van der Waals surface area contributed by atoms with E-state index >= 15 is 0 Å². The van der Waals surface area contributed by atoms with Crippen molar-refractivity contribution in [3.8, 4) is 22.4 Å². The highest BCUT2D eigenvalue weighted by Crippen LogP contribution is 2.41. The van der Waals surface area contributed by atoms with Crippen LogP contribution in [-0.4, -0.2) is 17.6 Å². The summed E-state index contributed by atoms with van der Waals surface area (Å²) in [6, 6.07) is 37.2. The zero-order valence-electron chi connectivity index (χ0n) is 20.3. The Bertz CT molecular complexity index is 1690. The molecular formula is C32H24N2O2S. The number of hydrogen-bond acceptors (Lipinski definition) is 5. The molecule has 0 saturated carbocycles. The van der Waals surface area contributed by atoms with Crippen LogP contribution in [0.4, 0.5) is 10.8 Å². The minimum absolute atomic E-state index is 0.310. The average molecular weight is 501 g/mol. The third-order valence-corrected chi connectivity index (χ3v) is 7.30. The molecule has 0 unspecified atom stereocenters. The van der Waals surface area contributed by atoms with Crippen LogP contribution in [0.15, 0.2) is 109 Å². The number of nitrogens with one attached hydrogen (secondary N) is 1. The predicted molar refractivity (Wildman–Crippen MR) is 154 cm³/mol. The lowest BCUT2D eigenvalue weighted by Gasteiger charge is -2.16. The van der Waals surface area contributed by atoms with Crippen LogP contribution in [0.25, 0.3) is 43.9 Å². The highest BCUT2D eigenvalue weighted by Gasteiger charge is 2.21. The topological polar surface area (TPSA) is 51.2 Å². The quantitative estimate of drug-likeness (QED) is 0.184. The number of esters is 1. The van der Waals surface area contributed by atoms with Crippen LogP contribution in [0, 0.1) is 0 Å². The van der Waals surface area contributed by atoms with E-state index in [4.69, 9.17) is 9.72 Å². The van der Waals surface area contributed by atoms with Gasteiger partial charge in [0.05, 0.1) is 12.3 Å². The van der Waals surface area contributed by atoms with Gasteiger partial charge in [0.25, 0.3) is 0 Å². The first kappa shape index (κ1) is 23.0. The van der Waals surface area contributed by atoms with E-state index in [2.05, 4.69) is 78.1 Å². The Labute approximate surface area is 219 Å². The molecule has 6 aromatic rings. The van der Waals surface area contributed by atoms with Crippen LogP contribution in [0.2, 0.25) is 0 Å². The number of rotatable bonds is 6. The zero-order valence-corrected chi connectivity index (χ0v) is 21.1. The summed E-state index contributed by atoms with van der Waals surface area (Å²) in [4.78, 5) is 18.1. The van der Waals surface area contributed by atoms with Gasteiger partial charge in [-0.3, -0.25) is 0 Å². The predicted octanol–water partition coefficient (Wildman–Crippen LogP) is 8.70. The summed E-state index contributed by atoms with van der Waals surface area (Å²) in [6.07, 6.45) is 0. The van der Waals surface area contributed by atoms with E-state index in [0.29, 0.717) is 22.3 Å². The number of para-hydroxylation sites is 1. The van der Waals surface area contributed by atoms with Crippen molar-refractivity contribution in [3.05, 3.63) is 114 Å². The monoisotopic (exact) mass is 500 g/mol. The molecule has 5 heteroatoms. The molecule has 4 nitrogen and oxygen atoms in total. The molecule has 1 aromatic heterocycles. The van der Waals surface area contributed by atoms with Crippen molar-refractivity contribution < 1.29 is 9.53 Å². The maximum atomic E-state index is 12.8. The van der Waals surface area contributed by atoms with Crippen LogP contribution >= 0.6 is 11.3 Å². The lowest BCUT2D eigenvalue weighted by Crippen LogP contribution is -2.03. The standard InChI is InChI=1S/C32H24N2O2S/c1-2-36-31(35)30-29(21-12-4-3-5-13-21)34-32(37-30)33-27-19-11-10-18-26(27)28-24-16-8-6-14-22(24)20-23-15-7-9-17-25(23)28/h3-20H,2H2,1H3,(H,33,34). The molecule has 37 heavy (non-hydrogen) atoms. The number of aromatic nitrogens is 1. The van der Waals surface area contributed by atoms with Crippen molar-refractivity contribution in [1.29, 1.82) is 0 Å². The summed E-state index contributed by atoms with van der Waals surface area (Å²) in [6.45, 7) is 2.12. The number of benzene rings is 5. The van der Waals surface area contributed by atoms with Gasteiger partial charge >= 0.3 is 5.97 Å². The van der Waals surface area contributed by atoms with Crippen LogP contribution in [0.5, 0.6) is 0 Å². The number of carbonyl (C=O) groups is 1. The lowest BCUT2D eigenvalue weighted by atomic mass is 9.91. The fourth-order valence-corrected chi connectivity index (χ4v) is 5.62. The van der Waals surface area contributed by atoms with Gasteiger partial charge in [0, 0.05) is 16.8 Å².